The summed E-state index contributed by atoms with van der Waals surface area (Å²) in [5.41, 5.74) is -0.742. The number of nitrogens with zero attached hydrogens (tertiary/aromatic N) is 1. The number of benzene rings is 1. The Morgan fingerprint density at radius 1 is 1.44 bits per heavy atom. The Kier molecular flexibility index (Phi) is 4.50. The van der Waals surface area contributed by atoms with Crippen LogP contribution in [0.2, 0.25) is 0 Å². The second-order valence-electron chi connectivity index (χ2n) is 3.40. The maximum Gasteiger partial charge on any atom is 0.338 e. The highest BCUT2D eigenvalue weighted by Gasteiger charge is 2.26. The van der Waals surface area contributed by atoms with Crippen molar-refractivity contribution in [2.24, 2.45) is 0 Å². The Balaban J connectivity index is 3.43. The molecule has 0 aliphatic carbocycles. The van der Waals surface area contributed by atoms with Gasteiger partial charge in [-0.05, 0) is 13.1 Å². The van der Waals surface area contributed by atoms with Crippen molar-refractivity contribution in [1.29, 1.82) is 0 Å². The summed E-state index contributed by atoms with van der Waals surface area (Å²) < 4.78 is 4.51. The van der Waals surface area contributed by atoms with Crippen molar-refractivity contribution in [2.45, 2.75) is 0 Å². The summed E-state index contributed by atoms with van der Waals surface area (Å²) in [4.78, 5) is 33.5. The monoisotopic (exact) mass is 252 g/mol. The lowest BCUT2D eigenvalue weighted by molar-refractivity contribution is -0.385. The Bertz CT molecular complexity index is 498. The Labute approximate surface area is 103 Å². The number of esters is 1. The predicted octanol–water partition coefficient (Wildman–Crippen LogP) is 0.783. The van der Waals surface area contributed by atoms with Gasteiger partial charge in [0.2, 0.25) is 0 Å². The van der Waals surface area contributed by atoms with Gasteiger partial charge in [-0.1, -0.05) is 6.07 Å². The molecule has 7 nitrogen and oxygen atoms in total. The molecular formula is C11H12N2O5. The first-order chi connectivity index (χ1) is 8.52. The van der Waals surface area contributed by atoms with Crippen LogP contribution in [0.4, 0.5) is 5.69 Å². The van der Waals surface area contributed by atoms with E-state index < -0.39 is 22.4 Å². The lowest BCUT2D eigenvalue weighted by Crippen LogP contribution is -2.22. The van der Waals surface area contributed by atoms with Crippen molar-refractivity contribution in [2.75, 3.05) is 20.7 Å². The smallest absolute Gasteiger partial charge is 0.338 e. The second kappa shape index (κ2) is 5.87. The molecule has 0 spiro atoms. The molecule has 0 atom stereocenters. The second-order valence-corrected chi connectivity index (χ2v) is 3.40. The third-order valence-electron chi connectivity index (χ3n) is 2.26. The number of methoxy groups -OCH3 is 1. The minimum absolute atomic E-state index is 0.102. The van der Waals surface area contributed by atoms with Crippen molar-refractivity contribution < 1.29 is 19.2 Å². The molecular weight excluding hydrogens is 240 g/mol. The first-order valence-electron chi connectivity index (χ1n) is 5.06. The van der Waals surface area contributed by atoms with Gasteiger partial charge in [0.1, 0.15) is 5.56 Å². The van der Waals surface area contributed by atoms with E-state index in [2.05, 4.69) is 10.1 Å². The van der Waals surface area contributed by atoms with Crippen LogP contribution >= 0.6 is 0 Å². The normalized spacial score (nSPS) is 9.89. The van der Waals surface area contributed by atoms with E-state index in [1.165, 1.54) is 25.2 Å². The molecule has 0 bridgehead atoms. The SMILES string of the molecule is CNCC(=O)c1c(C(=O)OC)cccc1[N+](=O)[O-]. The fraction of sp³-hybridized carbons (Fsp3) is 0.273. The van der Waals surface area contributed by atoms with Crippen LogP contribution in [0, 0.1) is 10.1 Å². The van der Waals surface area contributed by atoms with Crippen molar-refractivity contribution in [3.8, 4) is 0 Å². The average molecular weight is 252 g/mol. The molecule has 0 unspecified atom stereocenters. The average Bonchev–Trinajstić information content (AvgIpc) is 2.37. The zero-order valence-corrected chi connectivity index (χ0v) is 9.93. The number of carbonyl (C=O) groups is 2. The van der Waals surface area contributed by atoms with Gasteiger partial charge >= 0.3 is 5.97 Å². The van der Waals surface area contributed by atoms with Crippen LogP contribution in [0.1, 0.15) is 20.7 Å². The van der Waals surface area contributed by atoms with Crippen LogP contribution in [-0.4, -0.2) is 37.4 Å². The number of Topliss-reactive ketones (excluding diaryl/α,β-unsaturated/α-hetero) is 1. The number of ether oxygens (including phenoxy) is 1. The molecule has 1 rings (SSSR count). The molecule has 1 aromatic rings. The van der Waals surface area contributed by atoms with E-state index in [1.807, 2.05) is 0 Å². The van der Waals surface area contributed by atoms with E-state index in [1.54, 1.807) is 0 Å². The van der Waals surface area contributed by atoms with Crippen LogP contribution in [0.25, 0.3) is 0 Å². The van der Waals surface area contributed by atoms with Crippen molar-refractivity contribution in [1.82, 2.24) is 5.32 Å². The van der Waals surface area contributed by atoms with Gasteiger partial charge in [-0.25, -0.2) is 4.79 Å². The maximum absolute atomic E-state index is 11.8. The molecule has 0 radical (unpaired) electrons. The van der Waals surface area contributed by atoms with Gasteiger partial charge in [0.15, 0.2) is 5.78 Å². The van der Waals surface area contributed by atoms with E-state index in [9.17, 15) is 19.7 Å². The minimum Gasteiger partial charge on any atom is -0.465 e. The number of hydrogen-bond acceptors (Lipinski definition) is 6. The molecule has 1 aromatic carbocycles. The minimum atomic E-state index is -0.779. The molecule has 1 N–H and O–H groups in total. The molecule has 0 saturated carbocycles. The summed E-state index contributed by atoms with van der Waals surface area (Å²) in [6, 6.07) is 3.83. The van der Waals surface area contributed by atoms with Crippen LogP contribution in [0.15, 0.2) is 18.2 Å². The van der Waals surface area contributed by atoms with Gasteiger partial charge < -0.3 is 10.1 Å². The molecule has 96 valence electrons. The third kappa shape index (κ3) is 2.69. The number of carbonyl (C=O) groups excluding carboxylic acids is 2. The van der Waals surface area contributed by atoms with E-state index in [4.69, 9.17) is 0 Å². The molecule has 0 aromatic heterocycles. The fourth-order valence-electron chi connectivity index (χ4n) is 1.51. The lowest BCUT2D eigenvalue weighted by atomic mass is 10.0. The van der Waals surface area contributed by atoms with E-state index in [0.717, 1.165) is 7.11 Å². The highest BCUT2D eigenvalue weighted by Crippen LogP contribution is 2.23. The summed E-state index contributed by atoms with van der Waals surface area (Å²) in [6.45, 7) is -0.102. The lowest BCUT2D eigenvalue weighted by Gasteiger charge is -2.07. The molecule has 0 aliphatic rings. The number of nitrogens with one attached hydrogen (secondary N) is 1. The zero-order valence-electron chi connectivity index (χ0n) is 9.93. The Morgan fingerprint density at radius 3 is 2.61 bits per heavy atom. The summed E-state index contributed by atoms with van der Waals surface area (Å²) >= 11 is 0. The van der Waals surface area contributed by atoms with E-state index >= 15 is 0 Å². The maximum atomic E-state index is 11.8. The molecule has 18 heavy (non-hydrogen) atoms. The number of rotatable bonds is 5. The van der Waals surface area contributed by atoms with Gasteiger partial charge in [-0.3, -0.25) is 14.9 Å². The van der Waals surface area contributed by atoms with E-state index in [0.29, 0.717) is 0 Å². The van der Waals surface area contributed by atoms with Crippen LogP contribution in [0.5, 0.6) is 0 Å². The van der Waals surface area contributed by atoms with Crippen LogP contribution in [-0.2, 0) is 4.74 Å². The third-order valence-corrected chi connectivity index (χ3v) is 2.26. The molecule has 0 fully saturated rings. The van der Waals surface area contributed by atoms with E-state index in [-0.39, 0.29) is 17.7 Å². The summed E-state index contributed by atoms with van der Waals surface area (Å²) in [5.74, 6) is -1.32. The number of hydrogen-bond donors (Lipinski definition) is 1. The first-order valence-corrected chi connectivity index (χ1v) is 5.06. The van der Waals surface area contributed by atoms with Crippen molar-refractivity contribution >= 4 is 17.4 Å². The summed E-state index contributed by atoms with van der Waals surface area (Å²) in [7, 11) is 2.68. The zero-order chi connectivity index (χ0) is 13.7. The number of nitro groups is 1. The summed E-state index contributed by atoms with van der Waals surface area (Å²) in [6.07, 6.45) is 0. The highest BCUT2D eigenvalue weighted by atomic mass is 16.6. The molecule has 0 saturated heterocycles. The predicted molar refractivity (Wildman–Crippen MR) is 62.7 cm³/mol. The largest absolute Gasteiger partial charge is 0.465 e. The molecule has 0 amide bonds. The van der Waals surface area contributed by atoms with Crippen LogP contribution < -0.4 is 5.32 Å². The Morgan fingerprint density at radius 2 is 2.11 bits per heavy atom. The molecule has 0 heterocycles. The molecule has 7 heteroatoms. The van der Waals surface area contributed by atoms with Crippen molar-refractivity contribution in [3.05, 3.63) is 39.4 Å². The highest BCUT2D eigenvalue weighted by molar-refractivity contribution is 6.10. The van der Waals surface area contributed by atoms with Gasteiger partial charge in [-0.15, -0.1) is 0 Å². The number of nitro benzene ring substituents is 1. The topological polar surface area (TPSA) is 98.5 Å². The fourth-order valence-corrected chi connectivity index (χ4v) is 1.51. The van der Waals surface area contributed by atoms with Crippen LogP contribution in [0.3, 0.4) is 0 Å². The van der Waals surface area contributed by atoms with Crippen molar-refractivity contribution in [3.63, 3.8) is 0 Å². The van der Waals surface area contributed by atoms with Gasteiger partial charge in [0.25, 0.3) is 5.69 Å². The quantitative estimate of drug-likeness (QED) is 0.360. The Hall–Kier alpha value is -2.28. The standard InChI is InChI=1S/C11H12N2O5/c1-12-6-9(14)10-7(11(15)18-2)4-3-5-8(10)13(16)17/h3-5,12H,6H2,1-2H3. The number of likely N-dealkylation sites (N-methyl/N-ethyl adjacent to an activating group) is 1. The van der Waals surface area contributed by atoms with Gasteiger partial charge in [0, 0.05) is 6.07 Å². The number of ketones is 1. The van der Waals surface area contributed by atoms with Gasteiger partial charge in [0.05, 0.1) is 24.1 Å². The van der Waals surface area contributed by atoms with Gasteiger partial charge in [-0.2, -0.15) is 0 Å². The first kappa shape index (κ1) is 13.8. The summed E-state index contributed by atoms with van der Waals surface area (Å²) in [5, 5.41) is 13.5. The molecule has 0 aliphatic heterocycles.